The minimum Gasteiger partial charge on any atom is -0.466 e. The number of aliphatic hydroxyl groups is 1. The smallest absolute Gasteiger partial charge is 0.330 e. The topological polar surface area (TPSA) is 75.6 Å². The first-order chi connectivity index (χ1) is 8.93. The van der Waals surface area contributed by atoms with E-state index in [0.717, 1.165) is 0 Å². The zero-order valence-corrected chi connectivity index (χ0v) is 11.1. The van der Waals surface area contributed by atoms with Crippen LogP contribution in [-0.2, 0) is 14.3 Å². The molecule has 0 aliphatic carbocycles. The third-order valence-electron chi connectivity index (χ3n) is 2.52. The number of hydrogen-bond acceptors (Lipinski definition) is 4. The van der Waals surface area contributed by atoms with Crippen LogP contribution in [-0.4, -0.2) is 24.1 Å². The van der Waals surface area contributed by atoms with Gasteiger partial charge < -0.3 is 15.2 Å². The summed E-state index contributed by atoms with van der Waals surface area (Å²) >= 11 is 0. The van der Waals surface area contributed by atoms with Crippen molar-refractivity contribution < 1.29 is 19.4 Å². The van der Waals surface area contributed by atoms with Gasteiger partial charge in [-0.15, -0.1) is 0 Å². The molecule has 102 valence electrons. The predicted molar refractivity (Wildman–Crippen MR) is 71.5 cm³/mol. The number of methoxy groups -OCH3 is 1. The van der Waals surface area contributed by atoms with E-state index in [1.165, 1.54) is 20.1 Å². The molecule has 0 spiro atoms. The van der Waals surface area contributed by atoms with Crippen molar-refractivity contribution in [2.24, 2.45) is 0 Å². The van der Waals surface area contributed by atoms with Gasteiger partial charge in [-0.05, 0) is 30.2 Å². The zero-order chi connectivity index (χ0) is 14.4. The first-order valence-corrected chi connectivity index (χ1v) is 5.75. The van der Waals surface area contributed by atoms with Gasteiger partial charge in [0, 0.05) is 18.7 Å². The highest BCUT2D eigenvalue weighted by molar-refractivity contribution is 5.88. The molecule has 5 nitrogen and oxygen atoms in total. The second-order valence-corrected chi connectivity index (χ2v) is 4.12. The van der Waals surface area contributed by atoms with Crippen LogP contribution in [0.3, 0.4) is 0 Å². The molecule has 1 aromatic carbocycles. The van der Waals surface area contributed by atoms with Crippen molar-refractivity contribution in [1.82, 2.24) is 0 Å². The molecule has 0 aromatic heterocycles. The number of anilines is 1. The summed E-state index contributed by atoms with van der Waals surface area (Å²) in [5, 5.41) is 12.7. The van der Waals surface area contributed by atoms with Crippen molar-refractivity contribution >= 4 is 17.6 Å². The van der Waals surface area contributed by atoms with Crippen LogP contribution in [0.5, 0.6) is 0 Å². The van der Waals surface area contributed by atoms with Crippen LogP contribution in [0.2, 0.25) is 0 Å². The summed E-state index contributed by atoms with van der Waals surface area (Å²) in [6.07, 6.45) is 0.359. The Balaban J connectivity index is 2.83. The SMILES string of the molecule is COC(=O)/C=C(\C)C(O)c1ccc(NC(C)=O)cc1. The van der Waals surface area contributed by atoms with Gasteiger partial charge in [-0.3, -0.25) is 4.79 Å². The summed E-state index contributed by atoms with van der Waals surface area (Å²) < 4.78 is 4.50. The third kappa shape index (κ3) is 4.56. The Bertz CT molecular complexity index is 491. The van der Waals surface area contributed by atoms with E-state index in [4.69, 9.17) is 0 Å². The molecule has 0 fully saturated rings. The van der Waals surface area contributed by atoms with Crippen LogP contribution in [0.25, 0.3) is 0 Å². The summed E-state index contributed by atoms with van der Waals surface area (Å²) in [7, 11) is 1.28. The molecule has 1 rings (SSSR count). The third-order valence-corrected chi connectivity index (χ3v) is 2.52. The highest BCUT2D eigenvalue weighted by Crippen LogP contribution is 2.22. The number of ether oxygens (including phenoxy) is 1. The van der Waals surface area contributed by atoms with Crippen LogP contribution in [0.15, 0.2) is 35.9 Å². The molecule has 1 unspecified atom stereocenters. The molecule has 19 heavy (non-hydrogen) atoms. The fourth-order valence-corrected chi connectivity index (χ4v) is 1.54. The Morgan fingerprint density at radius 3 is 2.32 bits per heavy atom. The van der Waals surface area contributed by atoms with Gasteiger partial charge in [0.15, 0.2) is 0 Å². The summed E-state index contributed by atoms with van der Waals surface area (Å²) in [5.41, 5.74) is 1.77. The highest BCUT2D eigenvalue weighted by atomic mass is 16.5. The average Bonchev–Trinajstić information content (AvgIpc) is 2.37. The molecular weight excluding hydrogens is 246 g/mol. The van der Waals surface area contributed by atoms with Gasteiger partial charge in [-0.2, -0.15) is 0 Å². The summed E-state index contributed by atoms with van der Waals surface area (Å²) in [6.45, 7) is 3.06. The largest absolute Gasteiger partial charge is 0.466 e. The number of amides is 1. The quantitative estimate of drug-likeness (QED) is 0.641. The number of carbonyl (C=O) groups excluding carboxylic acids is 2. The minimum atomic E-state index is -0.884. The van der Waals surface area contributed by atoms with Crippen molar-refractivity contribution in [3.05, 3.63) is 41.5 Å². The van der Waals surface area contributed by atoms with E-state index in [0.29, 0.717) is 16.8 Å². The van der Waals surface area contributed by atoms with Crippen LogP contribution < -0.4 is 5.32 Å². The number of carbonyl (C=O) groups is 2. The normalized spacial score (nSPS) is 12.7. The number of nitrogens with one attached hydrogen (secondary N) is 1. The Morgan fingerprint density at radius 1 is 1.26 bits per heavy atom. The molecule has 1 aromatic rings. The van der Waals surface area contributed by atoms with Gasteiger partial charge in [-0.1, -0.05) is 12.1 Å². The maximum Gasteiger partial charge on any atom is 0.330 e. The van der Waals surface area contributed by atoms with Crippen molar-refractivity contribution in [2.75, 3.05) is 12.4 Å². The molecular formula is C14H17NO4. The zero-order valence-electron chi connectivity index (χ0n) is 11.1. The Morgan fingerprint density at radius 2 is 1.84 bits per heavy atom. The first kappa shape index (κ1) is 14.9. The molecule has 0 bridgehead atoms. The Hall–Kier alpha value is -2.14. The minimum absolute atomic E-state index is 0.157. The predicted octanol–water partition coefficient (Wildman–Crippen LogP) is 1.80. The molecule has 1 atom stereocenters. The molecule has 0 radical (unpaired) electrons. The number of hydrogen-bond donors (Lipinski definition) is 2. The van der Waals surface area contributed by atoms with Gasteiger partial charge in [0.2, 0.25) is 5.91 Å². The first-order valence-electron chi connectivity index (χ1n) is 5.75. The van der Waals surface area contributed by atoms with Gasteiger partial charge in [0.1, 0.15) is 6.10 Å². The number of aliphatic hydroxyl groups excluding tert-OH is 1. The molecule has 5 heteroatoms. The molecule has 0 saturated heterocycles. The Labute approximate surface area is 111 Å². The lowest BCUT2D eigenvalue weighted by Crippen LogP contribution is -2.06. The molecule has 0 saturated carbocycles. The van der Waals surface area contributed by atoms with Crippen LogP contribution >= 0.6 is 0 Å². The van der Waals surface area contributed by atoms with E-state index >= 15 is 0 Å². The van der Waals surface area contributed by atoms with Crippen molar-refractivity contribution in [2.45, 2.75) is 20.0 Å². The maximum atomic E-state index is 11.1. The van der Waals surface area contributed by atoms with Crippen molar-refractivity contribution in [3.8, 4) is 0 Å². The lowest BCUT2D eigenvalue weighted by atomic mass is 10.0. The van der Waals surface area contributed by atoms with E-state index in [1.54, 1.807) is 31.2 Å². The van der Waals surface area contributed by atoms with Crippen LogP contribution in [0, 0.1) is 0 Å². The molecule has 1 amide bonds. The van der Waals surface area contributed by atoms with E-state index in [2.05, 4.69) is 10.1 Å². The maximum absolute atomic E-state index is 11.1. The summed E-state index contributed by atoms with van der Waals surface area (Å²) in [4.78, 5) is 21.9. The second-order valence-electron chi connectivity index (χ2n) is 4.12. The second kappa shape index (κ2) is 6.70. The van der Waals surface area contributed by atoms with E-state index < -0.39 is 12.1 Å². The van der Waals surface area contributed by atoms with E-state index in [1.807, 2.05) is 0 Å². The highest BCUT2D eigenvalue weighted by Gasteiger charge is 2.11. The van der Waals surface area contributed by atoms with Crippen LogP contribution in [0.4, 0.5) is 5.69 Å². The number of rotatable bonds is 4. The number of esters is 1. The standard InChI is InChI=1S/C14H17NO4/c1-9(8-13(17)19-3)14(18)11-4-6-12(7-5-11)15-10(2)16/h4-8,14,18H,1-3H3,(H,15,16)/b9-8+. The summed E-state index contributed by atoms with van der Waals surface area (Å²) in [6, 6.07) is 6.74. The molecule has 0 aliphatic heterocycles. The lowest BCUT2D eigenvalue weighted by Gasteiger charge is -2.12. The lowest BCUT2D eigenvalue weighted by molar-refractivity contribution is -0.135. The molecule has 0 aliphatic rings. The van der Waals surface area contributed by atoms with Gasteiger partial charge >= 0.3 is 5.97 Å². The van der Waals surface area contributed by atoms with E-state index in [-0.39, 0.29) is 5.91 Å². The molecule has 2 N–H and O–H groups in total. The average molecular weight is 263 g/mol. The van der Waals surface area contributed by atoms with E-state index in [9.17, 15) is 14.7 Å². The fraction of sp³-hybridized carbons (Fsp3) is 0.286. The van der Waals surface area contributed by atoms with Crippen molar-refractivity contribution in [3.63, 3.8) is 0 Å². The number of benzene rings is 1. The molecule has 0 heterocycles. The fourth-order valence-electron chi connectivity index (χ4n) is 1.54. The van der Waals surface area contributed by atoms with Crippen LogP contribution in [0.1, 0.15) is 25.5 Å². The monoisotopic (exact) mass is 263 g/mol. The van der Waals surface area contributed by atoms with Gasteiger partial charge in [-0.25, -0.2) is 4.79 Å². The summed E-state index contributed by atoms with van der Waals surface area (Å²) in [5.74, 6) is -0.665. The van der Waals surface area contributed by atoms with Gasteiger partial charge in [0.25, 0.3) is 0 Å². The van der Waals surface area contributed by atoms with Gasteiger partial charge in [0.05, 0.1) is 7.11 Å². The Kier molecular flexibility index (Phi) is 5.26. The van der Waals surface area contributed by atoms with Crippen molar-refractivity contribution in [1.29, 1.82) is 0 Å².